The molecule has 1 aromatic rings. The summed E-state index contributed by atoms with van der Waals surface area (Å²) in [7, 11) is 0. The Labute approximate surface area is 110 Å². The van der Waals surface area contributed by atoms with Crippen molar-refractivity contribution in [1.29, 1.82) is 0 Å². The van der Waals surface area contributed by atoms with Crippen LogP contribution in [-0.4, -0.2) is 17.6 Å². The van der Waals surface area contributed by atoms with Crippen molar-refractivity contribution in [2.45, 2.75) is 52.0 Å². The number of aromatic nitrogens is 1. The molecule has 1 aliphatic rings. The summed E-state index contributed by atoms with van der Waals surface area (Å²) in [5.74, 6) is 1.79. The van der Waals surface area contributed by atoms with E-state index in [0.717, 1.165) is 24.0 Å². The molecule has 3 heteroatoms. The Morgan fingerprint density at radius 1 is 1.39 bits per heavy atom. The van der Waals surface area contributed by atoms with Crippen molar-refractivity contribution in [3.8, 4) is 0 Å². The number of nitrogen functional groups attached to an aromatic ring is 1. The minimum absolute atomic E-state index is 0.665. The number of hydrogen-bond donors (Lipinski definition) is 1. The molecule has 0 saturated heterocycles. The van der Waals surface area contributed by atoms with Crippen molar-refractivity contribution in [1.82, 2.24) is 4.98 Å². The molecule has 2 rings (SSSR count). The molecule has 0 bridgehead atoms. The van der Waals surface area contributed by atoms with Gasteiger partial charge in [0.15, 0.2) is 0 Å². The largest absolute Gasteiger partial charge is 0.399 e. The van der Waals surface area contributed by atoms with Crippen LogP contribution in [0, 0.1) is 5.92 Å². The first-order chi connectivity index (χ1) is 8.66. The summed E-state index contributed by atoms with van der Waals surface area (Å²) in [6.07, 6.45) is 8.34. The molecule has 18 heavy (non-hydrogen) atoms. The molecule has 0 amide bonds. The number of anilines is 2. The Kier molecular flexibility index (Phi) is 4.45. The Balaban J connectivity index is 2.12. The molecule has 0 atom stereocenters. The number of hydrogen-bond acceptors (Lipinski definition) is 3. The highest BCUT2D eigenvalue weighted by Crippen LogP contribution is 2.28. The van der Waals surface area contributed by atoms with Gasteiger partial charge in [-0.1, -0.05) is 26.7 Å². The van der Waals surface area contributed by atoms with Crippen LogP contribution < -0.4 is 10.6 Å². The molecule has 1 saturated carbocycles. The van der Waals surface area contributed by atoms with E-state index >= 15 is 0 Å². The SMILES string of the molecule is CC(C)CCN(c1cc(N)ccn1)C1CCCC1. The van der Waals surface area contributed by atoms with E-state index in [4.69, 9.17) is 5.73 Å². The first-order valence-electron chi connectivity index (χ1n) is 7.15. The zero-order chi connectivity index (χ0) is 13.0. The van der Waals surface area contributed by atoms with Crippen LogP contribution in [0.1, 0.15) is 46.0 Å². The van der Waals surface area contributed by atoms with Gasteiger partial charge in [0, 0.05) is 30.5 Å². The average molecular weight is 247 g/mol. The molecule has 3 nitrogen and oxygen atoms in total. The Hall–Kier alpha value is -1.25. The van der Waals surface area contributed by atoms with Crippen LogP contribution >= 0.6 is 0 Å². The summed E-state index contributed by atoms with van der Waals surface area (Å²) in [6, 6.07) is 4.54. The van der Waals surface area contributed by atoms with Crippen molar-refractivity contribution >= 4 is 11.5 Å². The highest BCUT2D eigenvalue weighted by atomic mass is 15.2. The minimum Gasteiger partial charge on any atom is -0.399 e. The van der Waals surface area contributed by atoms with Crippen molar-refractivity contribution in [2.75, 3.05) is 17.2 Å². The lowest BCUT2D eigenvalue weighted by Crippen LogP contribution is -2.35. The van der Waals surface area contributed by atoms with Crippen LogP contribution in [0.5, 0.6) is 0 Å². The zero-order valence-corrected chi connectivity index (χ0v) is 11.6. The third-order valence-corrected chi connectivity index (χ3v) is 3.78. The van der Waals surface area contributed by atoms with Crippen molar-refractivity contribution in [3.05, 3.63) is 18.3 Å². The third-order valence-electron chi connectivity index (χ3n) is 3.78. The molecule has 100 valence electrons. The van der Waals surface area contributed by atoms with Crippen molar-refractivity contribution in [2.24, 2.45) is 5.92 Å². The van der Waals surface area contributed by atoms with E-state index in [1.54, 1.807) is 0 Å². The third kappa shape index (κ3) is 3.37. The number of rotatable bonds is 5. The summed E-state index contributed by atoms with van der Waals surface area (Å²) in [4.78, 5) is 6.98. The van der Waals surface area contributed by atoms with Crippen LogP contribution in [0.25, 0.3) is 0 Å². The van der Waals surface area contributed by atoms with Crippen molar-refractivity contribution < 1.29 is 0 Å². The second-order valence-corrected chi connectivity index (χ2v) is 5.76. The van der Waals surface area contributed by atoms with Gasteiger partial charge in [0.1, 0.15) is 5.82 Å². The minimum atomic E-state index is 0.665. The summed E-state index contributed by atoms with van der Waals surface area (Å²) >= 11 is 0. The second kappa shape index (κ2) is 6.07. The highest BCUT2D eigenvalue weighted by molar-refractivity contribution is 5.50. The first-order valence-corrected chi connectivity index (χ1v) is 7.15. The fraction of sp³-hybridized carbons (Fsp3) is 0.667. The van der Waals surface area contributed by atoms with E-state index in [0.29, 0.717) is 6.04 Å². The molecular formula is C15H25N3. The van der Waals surface area contributed by atoms with E-state index in [1.807, 2.05) is 18.3 Å². The van der Waals surface area contributed by atoms with Gasteiger partial charge in [0.05, 0.1) is 0 Å². The summed E-state index contributed by atoms with van der Waals surface area (Å²) in [6.45, 7) is 5.65. The molecule has 1 aliphatic carbocycles. The molecule has 1 fully saturated rings. The molecule has 1 aromatic heterocycles. The predicted molar refractivity (Wildman–Crippen MR) is 77.7 cm³/mol. The summed E-state index contributed by atoms with van der Waals surface area (Å²) < 4.78 is 0. The lowest BCUT2D eigenvalue weighted by molar-refractivity contribution is 0.525. The number of nitrogens with two attached hydrogens (primary N) is 1. The number of pyridine rings is 1. The van der Waals surface area contributed by atoms with Gasteiger partial charge in [-0.2, -0.15) is 0 Å². The van der Waals surface area contributed by atoms with E-state index in [1.165, 1.54) is 32.1 Å². The zero-order valence-electron chi connectivity index (χ0n) is 11.6. The molecule has 0 spiro atoms. The fourth-order valence-corrected chi connectivity index (χ4v) is 2.69. The lowest BCUT2D eigenvalue weighted by Gasteiger charge is -2.31. The van der Waals surface area contributed by atoms with E-state index < -0.39 is 0 Å². The van der Waals surface area contributed by atoms with Gasteiger partial charge >= 0.3 is 0 Å². The topological polar surface area (TPSA) is 42.1 Å². The summed E-state index contributed by atoms with van der Waals surface area (Å²) in [5, 5.41) is 0. The molecule has 0 radical (unpaired) electrons. The van der Waals surface area contributed by atoms with Crippen LogP contribution in [0.15, 0.2) is 18.3 Å². The van der Waals surface area contributed by atoms with E-state index in [2.05, 4.69) is 23.7 Å². The average Bonchev–Trinajstić information content (AvgIpc) is 2.83. The first kappa shape index (κ1) is 13.2. The van der Waals surface area contributed by atoms with Crippen LogP contribution in [0.3, 0.4) is 0 Å². The Morgan fingerprint density at radius 2 is 2.11 bits per heavy atom. The maximum absolute atomic E-state index is 5.88. The van der Waals surface area contributed by atoms with Gasteiger partial charge in [-0.05, 0) is 31.2 Å². The molecule has 2 N–H and O–H groups in total. The van der Waals surface area contributed by atoms with E-state index in [9.17, 15) is 0 Å². The second-order valence-electron chi connectivity index (χ2n) is 5.76. The number of nitrogens with zero attached hydrogens (tertiary/aromatic N) is 2. The summed E-state index contributed by atoms with van der Waals surface area (Å²) in [5.41, 5.74) is 6.70. The molecular weight excluding hydrogens is 222 g/mol. The maximum atomic E-state index is 5.88. The van der Waals surface area contributed by atoms with Gasteiger partial charge in [0.25, 0.3) is 0 Å². The van der Waals surface area contributed by atoms with Gasteiger partial charge in [0.2, 0.25) is 0 Å². The van der Waals surface area contributed by atoms with Gasteiger partial charge in [-0.25, -0.2) is 4.98 Å². The lowest BCUT2D eigenvalue weighted by atomic mass is 10.1. The van der Waals surface area contributed by atoms with E-state index in [-0.39, 0.29) is 0 Å². The monoisotopic (exact) mass is 247 g/mol. The van der Waals surface area contributed by atoms with Crippen LogP contribution in [0.4, 0.5) is 11.5 Å². The Bertz CT molecular complexity index is 370. The fourth-order valence-electron chi connectivity index (χ4n) is 2.69. The predicted octanol–water partition coefficient (Wildman–Crippen LogP) is 3.46. The standard InChI is InChI=1S/C15H25N3/c1-12(2)8-10-18(14-5-3-4-6-14)15-11-13(16)7-9-17-15/h7,9,11-12,14H,3-6,8,10H2,1-2H3,(H2,16,17). The van der Waals surface area contributed by atoms with Crippen LogP contribution in [-0.2, 0) is 0 Å². The molecule has 0 aliphatic heterocycles. The van der Waals surface area contributed by atoms with Gasteiger partial charge < -0.3 is 10.6 Å². The van der Waals surface area contributed by atoms with Gasteiger partial charge in [-0.15, -0.1) is 0 Å². The molecule has 0 unspecified atom stereocenters. The van der Waals surface area contributed by atoms with Gasteiger partial charge in [-0.3, -0.25) is 0 Å². The molecule has 1 heterocycles. The smallest absolute Gasteiger partial charge is 0.130 e. The highest BCUT2D eigenvalue weighted by Gasteiger charge is 2.23. The maximum Gasteiger partial charge on any atom is 0.130 e. The molecule has 0 aromatic carbocycles. The Morgan fingerprint density at radius 3 is 2.72 bits per heavy atom. The quantitative estimate of drug-likeness (QED) is 0.866. The van der Waals surface area contributed by atoms with Crippen LogP contribution in [0.2, 0.25) is 0 Å². The van der Waals surface area contributed by atoms with Crippen molar-refractivity contribution in [3.63, 3.8) is 0 Å². The normalized spacial score (nSPS) is 16.4.